The number of nitrogens with two attached hydrogens (primary N) is 1. The van der Waals surface area contributed by atoms with Gasteiger partial charge in [-0.05, 0) is 29.8 Å². The van der Waals surface area contributed by atoms with Gasteiger partial charge in [-0.2, -0.15) is 15.0 Å². The van der Waals surface area contributed by atoms with Gasteiger partial charge in [0.1, 0.15) is 5.75 Å². The first-order valence-corrected chi connectivity index (χ1v) is 5.41. The van der Waals surface area contributed by atoms with E-state index < -0.39 is 0 Å². The molecular weight excluding hydrogens is 295 g/mol. The Morgan fingerprint density at radius 1 is 1.25 bits per heavy atom. The van der Waals surface area contributed by atoms with E-state index in [4.69, 9.17) is 22.1 Å². The normalized spacial score (nSPS) is 10.1. The van der Waals surface area contributed by atoms with Gasteiger partial charge in [-0.1, -0.05) is 22.0 Å². The van der Waals surface area contributed by atoms with Crippen LogP contribution in [0.4, 0.5) is 5.95 Å². The maximum atomic E-state index is 5.62. The van der Waals surface area contributed by atoms with Gasteiger partial charge in [-0.3, -0.25) is 0 Å². The Bertz CT molecular complexity index is 502. The first-order valence-electron chi connectivity index (χ1n) is 4.24. The zero-order valence-corrected chi connectivity index (χ0v) is 10.2. The smallest absolute Gasteiger partial charge is 0.328 e. The summed E-state index contributed by atoms with van der Waals surface area (Å²) < 4.78 is 6.25. The van der Waals surface area contributed by atoms with E-state index in [9.17, 15) is 0 Å². The van der Waals surface area contributed by atoms with Gasteiger partial charge in [0.15, 0.2) is 0 Å². The van der Waals surface area contributed by atoms with Gasteiger partial charge in [-0.25, -0.2) is 0 Å². The van der Waals surface area contributed by atoms with Crippen LogP contribution in [0.1, 0.15) is 0 Å². The van der Waals surface area contributed by atoms with Crippen molar-refractivity contribution in [3.63, 3.8) is 0 Å². The van der Waals surface area contributed by atoms with Crippen LogP contribution >= 0.6 is 27.5 Å². The molecule has 0 unspecified atom stereocenters. The Balaban J connectivity index is 2.27. The minimum absolute atomic E-state index is 0.00232. The van der Waals surface area contributed by atoms with Crippen molar-refractivity contribution < 1.29 is 4.74 Å². The highest BCUT2D eigenvalue weighted by atomic mass is 79.9. The minimum Gasteiger partial charge on any atom is -0.424 e. The predicted octanol–water partition coefficient (Wildman–Crippen LogP) is 2.66. The van der Waals surface area contributed by atoms with Crippen LogP contribution in [0.3, 0.4) is 0 Å². The molecule has 0 aliphatic carbocycles. The SMILES string of the molecule is Nc1nc(Cl)nc(Oc2cccc(Br)c2)n1. The van der Waals surface area contributed by atoms with E-state index in [-0.39, 0.29) is 17.2 Å². The fourth-order valence-corrected chi connectivity index (χ4v) is 1.57. The number of ether oxygens (including phenoxy) is 1. The van der Waals surface area contributed by atoms with Crippen molar-refractivity contribution in [1.29, 1.82) is 0 Å². The lowest BCUT2D eigenvalue weighted by Crippen LogP contribution is -2.00. The van der Waals surface area contributed by atoms with Crippen molar-refractivity contribution in [3.8, 4) is 11.8 Å². The van der Waals surface area contributed by atoms with E-state index in [0.29, 0.717) is 5.75 Å². The van der Waals surface area contributed by atoms with Crippen LogP contribution in [0.15, 0.2) is 28.7 Å². The van der Waals surface area contributed by atoms with Crippen molar-refractivity contribution in [1.82, 2.24) is 15.0 Å². The zero-order valence-electron chi connectivity index (χ0n) is 7.89. The largest absolute Gasteiger partial charge is 0.424 e. The summed E-state index contributed by atoms with van der Waals surface area (Å²) in [6.45, 7) is 0. The number of nitrogen functional groups attached to an aromatic ring is 1. The molecule has 7 heteroatoms. The maximum Gasteiger partial charge on any atom is 0.328 e. The van der Waals surface area contributed by atoms with E-state index in [0.717, 1.165) is 4.47 Å². The van der Waals surface area contributed by atoms with Crippen LogP contribution in [-0.4, -0.2) is 15.0 Å². The summed E-state index contributed by atoms with van der Waals surface area (Å²) in [6.07, 6.45) is 0. The summed E-state index contributed by atoms with van der Waals surface area (Å²) in [5, 5.41) is -0.00232. The van der Waals surface area contributed by atoms with E-state index in [1.54, 1.807) is 12.1 Å². The molecule has 1 aromatic heterocycles. The average Bonchev–Trinajstić information content (AvgIpc) is 2.15. The van der Waals surface area contributed by atoms with Crippen molar-refractivity contribution in [2.24, 2.45) is 0 Å². The van der Waals surface area contributed by atoms with Gasteiger partial charge in [0.2, 0.25) is 11.2 Å². The lowest BCUT2D eigenvalue weighted by Gasteiger charge is -2.04. The average molecular weight is 302 g/mol. The van der Waals surface area contributed by atoms with Crippen LogP contribution < -0.4 is 10.5 Å². The number of anilines is 1. The Morgan fingerprint density at radius 3 is 2.75 bits per heavy atom. The van der Waals surface area contributed by atoms with Gasteiger partial charge in [0, 0.05) is 4.47 Å². The van der Waals surface area contributed by atoms with Crippen LogP contribution in [-0.2, 0) is 0 Å². The number of nitrogens with zero attached hydrogens (tertiary/aromatic N) is 3. The third-order valence-electron chi connectivity index (χ3n) is 1.61. The molecule has 0 radical (unpaired) electrons. The Labute approximate surface area is 105 Å². The van der Waals surface area contributed by atoms with Crippen molar-refractivity contribution >= 4 is 33.5 Å². The molecule has 2 rings (SSSR count). The first kappa shape index (κ1) is 11.1. The second-order valence-electron chi connectivity index (χ2n) is 2.80. The van der Waals surface area contributed by atoms with E-state index in [1.165, 1.54) is 0 Å². The molecule has 0 bridgehead atoms. The number of rotatable bonds is 2. The van der Waals surface area contributed by atoms with Crippen LogP contribution in [0.2, 0.25) is 5.28 Å². The summed E-state index contributed by atoms with van der Waals surface area (Å²) in [6, 6.07) is 7.30. The molecule has 0 aliphatic heterocycles. The van der Waals surface area contributed by atoms with E-state index in [1.807, 2.05) is 12.1 Å². The second-order valence-corrected chi connectivity index (χ2v) is 4.06. The highest BCUT2D eigenvalue weighted by Crippen LogP contribution is 2.22. The van der Waals surface area contributed by atoms with Crippen LogP contribution in [0.25, 0.3) is 0 Å². The van der Waals surface area contributed by atoms with Gasteiger partial charge in [0.25, 0.3) is 0 Å². The topological polar surface area (TPSA) is 73.9 Å². The summed E-state index contributed by atoms with van der Waals surface area (Å²) in [7, 11) is 0. The van der Waals surface area contributed by atoms with Gasteiger partial charge in [-0.15, -0.1) is 0 Å². The van der Waals surface area contributed by atoms with Crippen molar-refractivity contribution in [3.05, 3.63) is 34.0 Å². The monoisotopic (exact) mass is 300 g/mol. The third-order valence-corrected chi connectivity index (χ3v) is 2.27. The number of halogens is 2. The molecule has 0 saturated carbocycles. The molecule has 5 nitrogen and oxygen atoms in total. The molecule has 1 heterocycles. The fourth-order valence-electron chi connectivity index (χ4n) is 1.03. The number of benzene rings is 1. The Morgan fingerprint density at radius 2 is 2.06 bits per heavy atom. The molecule has 82 valence electrons. The molecule has 0 amide bonds. The molecule has 1 aromatic carbocycles. The molecule has 16 heavy (non-hydrogen) atoms. The van der Waals surface area contributed by atoms with Crippen LogP contribution in [0, 0.1) is 0 Å². The van der Waals surface area contributed by atoms with Gasteiger partial charge in [0.05, 0.1) is 0 Å². The lowest BCUT2D eigenvalue weighted by molar-refractivity contribution is 0.440. The number of aromatic nitrogens is 3. The molecule has 0 aliphatic rings. The van der Waals surface area contributed by atoms with Gasteiger partial charge < -0.3 is 10.5 Å². The lowest BCUT2D eigenvalue weighted by atomic mass is 10.3. The number of hydrogen-bond donors (Lipinski definition) is 1. The van der Waals surface area contributed by atoms with Gasteiger partial charge >= 0.3 is 6.01 Å². The predicted molar refractivity (Wildman–Crippen MR) is 63.5 cm³/mol. The van der Waals surface area contributed by atoms with E-state index >= 15 is 0 Å². The molecule has 2 aromatic rings. The molecule has 0 atom stereocenters. The fraction of sp³-hybridized carbons (Fsp3) is 0. The molecule has 2 N–H and O–H groups in total. The molecule has 0 saturated heterocycles. The Kier molecular flexibility index (Phi) is 3.21. The van der Waals surface area contributed by atoms with Crippen molar-refractivity contribution in [2.45, 2.75) is 0 Å². The quantitative estimate of drug-likeness (QED) is 0.923. The summed E-state index contributed by atoms with van der Waals surface area (Å²) in [4.78, 5) is 11.2. The Hall–Kier alpha value is -1.40. The van der Waals surface area contributed by atoms with Crippen molar-refractivity contribution in [2.75, 3.05) is 5.73 Å². The summed E-state index contributed by atoms with van der Waals surface area (Å²) in [5.74, 6) is 0.598. The first-order chi connectivity index (χ1) is 7.63. The minimum atomic E-state index is -0.00232. The molecular formula is C9H6BrClN4O. The second kappa shape index (κ2) is 4.63. The highest BCUT2D eigenvalue weighted by Gasteiger charge is 2.05. The zero-order chi connectivity index (χ0) is 11.5. The molecule has 0 fully saturated rings. The summed E-state index contributed by atoms with van der Waals surface area (Å²) >= 11 is 8.94. The highest BCUT2D eigenvalue weighted by molar-refractivity contribution is 9.10. The summed E-state index contributed by atoms with van der Waals surface area (Å²) in [5.41, 5.74) is 5.41. The standard InChI is InChI=1S/C9H6BrClN4O/c10-5-2-1-3-6(4-5)16-9-14-7(11)13-8(12)15-9/h1-4H,(H2,12,13,14,15). The maximum absolute atomic E-state index is 5.62. The van der Waals surface area contributed by atoms with E-state index in [2.05, 4.69) is 30.9 Å². The third kappa shape index (κ3) is 2.80. The number of hydrogen-bond acceptors (Lipinski definition) is 5. The van der Waals surface area contributed by atoms with Crippen LogP contribution in [0.5, 0.6) is 11.8 Å². The molecule has 0 spiro atoms.